The van der Waals surface area contributed by atoms with E-state index in [1.807, 2.05) is 19.1 Å². The molecule has 1 aliphatic rings. The summed E-state index contributed by atoms with van der Waals surface area (Å²) >= 11 is 0. The Labute approximate surface area is 126 Å². The minimum Gasteiger partial charge on any atom is -0.489 e. The van der Waals surface area contributed by atoms with Gasteiger partial charge in [0.15, 0.2) is 5.75 Å². The summed E-state index contributed by atoms with van der Waals surface area (Å²) in [5, 5.41) is 6.28. The zero-order chi connectivity index (χ0) is 15.2. The lowest BCUT2D eigenvalue weighted by Crippen LogP contribution is -2.42. The first-order valence-corrected chi connectivity index (χ1v) is 7.51. The summed E-state index contributed by atoms with van der Waals surface area (Å²) in [6.45, 7) is 8.60. The van der Waals surface area contributed by atoms with E-state index in [0.717, 1.165) is 12.2 Å². The number of hydrogen-bond donors (Lipinski definition) is 2. The monoisotopic (exact) mass is 292 g/mol. The maximum Gasteiger partial charge on any atom is 0.255 e. The van der Waals surface area contributed by atoms with Crippen LogP contribution in [-0.2, 0) is 4.74 Å². The van der Waals surface area contributed by atoms with Crippen LogP contribution in [0.25, 0.3) is 0 Å². The van der Waals surface area contributed by atoms with E-state index in [1.54, 1.807) is 6.07 Å². The van der Waals surface area contributed by atoms with Gasteiger partial charge in [0.2, 0.25) is 0 Å². The Morgan fingerprint density at radius 2 is 2.29 bits per heavy atom. The van der Waals surface area contributed by atoms with Gasteiger partial charge in [0.05, 0.1) is 23.9 Å². The van der Waals surface area contributed by atoms with Gasteiger partial charge in [0, 0.05) is 13.2 Å². The molecule has 0 saturated heterocycles. The molecule has 0 radical (unpaired) electrons. The Morgan fingerprint density at radius 1 is 1.48 bits per heavy atom. The Balaban J connectivity index is 2.12. The van der Waals surface area contributed by atoms with Gasteiger partial charge < -0.3 is 20.1 Å². The van der Waals surface area contributed by atoms with Gasteiger partial charge in [-0.2, -0.15) is 0 Å². The molecular weight excluding hydrogens is 268 g/mol. The number of hydrogen-bond acceptors (Lipinski definition) is 4. The maximum absolute atomic E-state index is 12.5. The molecule has 1 heterocycles. The van der Waals surface area contributed by atoms with E-state index < -0.39 is 0 Å². The fraction of sp³-hybridized carbons (Fsp3) is 0.562. The minimum absolute atomic E-state index is 0.00939. The summed E-state index contributed by atoms with van der Waals surface area (Å²) in [7, 11) is 0. The Bertz CT molecular complexity index is 488. The third-order valence-electron chi connectivity index (χ3n) is 3.55. The predicted molar refractivity (Wildman–Crippen MR) is 83.0 cm³/mol. The number of amides is 1. The zero-order valence-electron chi connectivity index (χ0n) is 12.9. The van der Waals surface area contributed by atoms with Gasteiger partial charge in [-0.25, -0.2) is 0 Å². The molecule has 0 aliphatic carbocycles. The summed E-state index contributed by atoms with van der Waals surface area (Å²) < 4.78 is 11.1. The van der Waals surface area contributed by atoms with Crippen molar-refractivity contribution < 1.29 is 14.3 Å². The molecular formula is C16H24N2O3. The van der Waals surface area contributed by atoms with E-state index in [-0.39, 0.29) is 11.9 Å². The Kier molecular flexibility index (Phi) is 5.44. The van der Waals surface area contributed by atoms with Crippen molar-refractivity contribution in [3.8, 4) is 5.75 Å². The van der Waals surface area contributed by atoms with Crippen molar-refractivity contribution in [2.45, 2.75) is 26.8 Å². The van der Waals surface area contributed by atoms with Crippen LogP contribution in [0.3, 0.4) is 0 Å². The fourth-order valence-corrected chi connectivity index (χ4v) is 2.24. The van der Waals surface area contributed by atoms with Gasteiger partial charge in [-0.05, 0) is 25.0 Å². The Morgan fingerprint density at radius 3 is 3.00 bits per heavy atom. The topological polar surface area (TPSA) is 59.6 Å². The standard InChI is InChI=1S/C16H24N2O3/c1-4-20-10-14(11(2)3)18-16(19)12-6-5-7-13-15(12)21-9-8-17-13/h5-7,11,14,17H,4,8-10H2,1-3H3,(H,18,19). The van der Waals surface area contributed by atoms with Crippen molar-refractivity contribution in [2.75, 3.05) is 31.7 Å². The molecule has 1 amide bonds. The molecule has 0 saturated carbocycles. The number of fused-ring (bicyclic) bond motifs is 1. The SMILES string of the molecule is CCOCC(NC(=O)c1cccc2c1OCCN2)C(C)C. The quantitative estimate of drug-likeness (QED) is 0.844. The fourth-order valence-electron chi connectivity index (χ4n) is 2.24. The summed E-state index contributed by atoms with van der Waals surface area (Å²) in [5.41, 5.74) is 1.45. The second kappa shape index (κ2) is 7.31. The van der Waals surface area contributed by atoms with E-state index in [9.17, 15) is 4.79 Å². The first-order chi connectivity index (χ1) is 10.1. The minimum atomic E-state index is -0.117. The van der Waals surface area contributed by atoms with Crippen LogP contribution < -0.4 is 15.4 Å². The number of carbonyl (C=O) groups excluding carboxylic acids is 1. The van der Waals surface area contributed by atoms with E-state index >= 15 is 0 Å². The van der Waals surface area contributed by atoms with Gasteiger partial charge in [0.1, 0.15) is 6.61 Å². The van der Waals surface area contributed by atoms with Crippen LogP contribution in [0.15, 0.2) is 18.2 Å². The second-order valence-corrected chi connectivity index (χ2v) is 5.44. The number of ether oxygens (including phenoxy) is 2. The molecule has 0 spiro atoms. The smallest absolute Gasteiger partial charge is 0.255 e. The Hall–Kier alpha value is -1.75. The van der Waals surface area contributed by atoms with Crippen LogP contribution in [-0.4, -0.2) is 38.3 Å². The van der Waals surface area contributed by atoms with Crippen molar-refractivity contribution in [3.63, 3.8) is 0 Å². The van der Waals surface area contributed by atoms with E-state index in [2.05, 4.69) is 24.5 Å². The largest absolute Gasteiger partial charge is 0.489 e. The summed E-state index contributed by atoms with van der Waals surface area (Å²) in [5.74, 6) is 0.827. The molecule has 1 aliphatic heterocycles. The van der Waals surface area contributed by atoms with E-state index in [1.165, 1.54) is 0 Å². The number of rotatable bonds is 6. The highest BCUT2D eigenvalue weighted by Gasteiger charge is 2.22. The molecule has 21 heavy (non-hydrogen) atoms. The van der Waals surface area contributed by atoms with Crippen LogP contribution in [0.5, 0.6) is 5.75 Å². The molecule has 116 valence electrons. The normalized spacial score (nSPS) is 14.9. The second-order valence-electron chi connectivity index (χ2n) is 5.44. The molecule has 5 heteroatoms. The lowest BCUT2D eigenvalue weighted by Gasteiger charge is -2.25. The number of nitrogens with one attached hydrogen (secondary N) is 2. The highest BCUT2D eigenvalue weighted by Crippen LogP contribution is 2.31. The van der Waals surface area contributed by atoms with Gasteiger partial charge in [-0.15, -0.1) is 0 Å². The molecule has 2 rings (SSSR count). The highest BCUT2D eigenvalue weighted by atomic mass is 16.5. The van der Waals surface area contributed by atoms with Crippen molar-refractivity contribution >= 4 is 11.6 Å². The van der Waals surface area contributed by atoms with Crippen molar-refractivity contribution in [2.24, 2.45) is 5.92 Å². The molecule has 0 bridgehead atoms. The lowest BCUT2D eigenvalue weighted by atomic mass is 10.0. The molecule has 1 aromatic rings. The number of carbonyl (C=O) groups is 1. The molecule has 1 atom stereocenters. The number of benzene rings is 1. The van der Waals surface area contributed by atoms with Crippen LogP contribution >= 0.6 is 0 Å². The van der Waals surface area contributed by atoms with Crippen LogP contribution in [0.2, 0.25) is 0 Å². The van der Waals surface area contributed by atoms with E-state index in [0.29, 0.717) is 37.1 Å². The zero-order valence-corrected chi connectivity index (χ0v) is 12.9. The average molecular weight is 292 g/mol. The lowest BCUT2D eigenvalue weighted by molar-refractivity contribution is 0.0803. The first-order valence-electron chi connectivity index (χ1n) is 7.51. The van der Waals surface area contributed by atoms with Crippen LogP contribution in [0.1, 0.15) is 31.1 Å². The van der Waals surface area contributed by atoms with Gasteiger partial charge in [-0.1, -0.05) is 19.9 Å². The van der Waals surface area contributed by atoms with Crippen LogP contribution in [0, 0.1) is 5.92 Å². The predicted octanol–water partition coefficient (Wildman–Crippen LogP) is 2.28. The van der Waals surface area contributed by atoms with Crippen molar-refractivity contribution in [3.05, 3.63) is 23.8 Å². The van der Waals surface area contributed by atoms with Gasteiger partial charge in [0.25, 0.3) is 5.91 Å². The molecule has 1 aromatic carbocycles. The molecule has 0 aromatic heterocycles. The van der Waals surface area contributed by atoms with Crippen molar-refractivity contribution in [1.29, 1.82) is 0 Å². The summed E-state index contributed by atoms with van der Waals surface area (Å²) in [6.07, 6.45) is 0. The molecule has 0 fully saturated rings. The third-order valence-corrected chi connectivity index (χ3v) is 3.55. The summed E-state index contributed by atoms with van der Waals surface area (Å²) in [6, 6.07) is 5.57. The van der Waals surface area contributed by atoms with Crippen molar-refractivity contribution in [1.82, 2.24) is 5.32 Å². The molecule has 1 unspecified atom stereocenters. The number of para-hydroxylation sites is 1. The van der Waals surface area contributed by atoms with Gasteiger partial charge >= 0.3 is 0 Å². The number of anilines is 1. The summed E-state index contributed by atoms with van der Waals surface area (Å²) in [4.78, 5) is 12.5. The first kappa shape index (κ1) is 15.6. The third kappa shape index (κ3) is 3.88. The molecule has 5 nitrogen and oxygen atoms in total. The van der Waals surface area contributed by atoms with E-state index in [4.69, 9.17) is 9.47 Å². The maximum atomic E-state index is 12.5. The van der Waals surface area contributed by atoms with Crippen LogP contribution in [0.4, 0.5) is 5.69 Å². The highest BCUT2D eigenvalue weighted by molar-refractivity contribution is 5.99. The van der Waals surface area contributed by atoms with Gasteiger partial charge in [-0.3, -0.25) is 4.79 Å². The average Bonchev–Trinajstić information content (AvgIpc) is 2.50. The molecule has 2 N–H and O–H groups in total.